The number of carbonyl (C=O) groups excluding carboxylic acids is 4. The first kappa shape index (κ1) is 29.7. The first-order valence-corrected chi connectivity index (χ1v) is 12.4. The van der Waals surface area contributed by atoms with Crippen LogP contribution >= 0.6 is 0 Å². The maximum Gasteiger partial charge on any atom is 0.522 e. The van der Waals surface area contributed by atoms with Crippen LogP contribution in [0.1, 0.15) is 55.2 Å². The van der Waals surface area contributed by atoms with Gasteiger partial charge in [0, 0.05) is 18.2 Å². The van der Waals surface area contributed by atoms with Crippen molar-refractivity contribution in [3.05, 3.63) is 41.7 Å². The summed E-state index contributed by atoms with van der Waals surface area (Å²) < 4.78 is 42.5. The van der Waals surface area contributed by atoms with E-state index in [2.05, 4.69) is 31.0 Å². The molecule has 0 radical (unpaired) electrons. The Morgan fingerprint density at radius 3 is 2.56 bits per heavy atom. The number of anilines is 1. The number of hydrogen-bond donors (Lipinski definition) is 3. The van der Waals surface area contributed by atoms with E-state index in [1.165, 1.54) is 10.9 Å². The first-order valence-electron chi connectivity index (χ1n) is 12.4. The molecule has 11 nitrogen and oxygen atoms in total. The minimum Gasteiger partial charge on any atom is -0.356 e. The number of para-hydroxylation sites is 1. The average molecular weight is 553 g/mol. The average Bonchev–Trinajstić information content (AvgIpc) is 3.51. The lowest BCUT2D eigenvalue weighted by atomic mass is 9.95. The van der Waals surface area contributed by atoms with Crippen molar-refractivity contribution in [3.63, 3.8) is 0 Å². The number of alkyl halides is 3. The molecule has 1 aliphatic rings. The number of nitrogens with zero attached hydrogens (tertiary/aromatic N) is 3. The van der Waals surface area contributed by atoms with E-state index in [9.17, 15) is 32.3 Å². The highest BCUT2D eigenvalue weighted by Gasteiger charge is 2.36. The van der Waals surface area contributed by atoms with Gasteiger partial charge in [0.25, 0.3) is 5.91 Å². The van der Waals surface area contributed by atoms with Crippen LogP contribution in [-0.2, 0) is 19.1 Å². The number of halogens is 3. The summed E-state index contributed by atoms with van der Waals surface area (Å²) in [5.74, 6) is -3.35. The lowest BCUT2D eigenvalue weighted by molar-refractivity contribution is -0.321. The molecule has 14 heteroatoms. The molecule has 0 bridgehead atoms. The molecule has 3 amide bonds. The van der Waals surface area contributed by atoms with Gasteiger partial charge in [-0.25, -0.2) is 4.68 Å². The largest absolute Gasteiger partial charge is 0.522 e. The first-order chi connectivity index (χ1) is 18.3. The quantitative estimate of drug-likeness (QED) is 0.367. The van der Waals surface area contributed by atoms with E-state index in [1.807, 2.05) is 32.9 Å². The molecule has 3 atom stereocenters. The molecule has 1 aromatic carbocycles. The molecule has 0 saturated carbocycles. The summed E-state index contributed by atoms with van der Waals surface area (Å²) >= 11 is 0. The third-order valence-electron chi connectivity index (χ3n) is 6.22. The van der Waals surface area contributed by atoms with Crippen molar-refractivity contribution < 1.29 is 37.1 Å². The number of benzene rings is 1. The van der Waals surface area contributed by atoms with Gasteiger partial charge in [0.2, 0.25) is 11.8 Å². The Bertz CT molecular complexity index is 1200. The molecule has 3 N–H and O–H groups in total. The number of Topliss-reactive ketones (excluding diaryl/α,β-unsaturated/α-hetero) is 1. The Labute approximate surface area is 222 Å². The topological polar surface area (TPSA) is 144 Å². The number of amides is 3. The molecule has 1 fully saturated rings. The fraction of sp³-hybridized carbons (Fsp3) is 0.520. The molecule has 3 rings (SSSR count). The van der Waals surface area contributed by atoms with E-state index in [0.717, 1.165) is 5.56 Å². The van der Waals surface area contributed by atoms with Crippen LogP contribution in [0.25, 0.3) is 0 Å². The number of nitrogens with one attached hydrogen (secondary N) is 3. The van der Waals surface area contributed by atoms with Crippen LogP contribution in [-0.4, -0.2) is 64.1 Å². The van der Waals surface area contributed by atoms with Gasteiger partial charge >= 0.3 is 6.36 Å². The van der Waals surface area contributed by atoms with Crippen molar-refractivity contribution in [2.24, 2.45) is 11.8 Å². The normalized spacial score (nSPS) is 17.0. The molecular weight excluding hydrogens is 521 g/mol. The third kappa shape index (κ3) is 8.60. The van der Waals surface area contributed by atoms with Gasteiger partial charge in [-0.1, -0.05) is 37.3 Å². The second-order valence-corrected chi connectivity index (χ2v) is 9.77. The second-order valence-electron chi connectivity index (χ2n) is 9.77. The predicted octanol–water partition coefficient (Wildman–Crippen LogP) is 2.54. The monoisotopic (exact) mass is 552 g/mol. The summed E-state index contributed by atoms with van der Waals surface area (Å²) in [6, 6.07) is 4.68. The highest BCUT2D eigenvalue weighted by atomic mass is 19.4. The van der Waals surface area contributed by atoms with Crippen molar-refractivity contribution in [2.45, 2.75) is 58.5 Å². The molecule has 2 heterocycles. The standard InChI is InChI=1S/C25H31F3N6O5/c1-14(2)10-20(34-12-19(32-33-34)23(37)30-17-7-5-4-6-15(17)3)24(38)31-18(11-16-8-9-29-22(16)36)21(35)13-39-25(26,27)28/h4-7,12,14,16,18,20H,8-11,13H2,1-3H3,(H,29,36)(H,30,37)(H,31,38)/t16-,18?,20?/m0/s1. The highest BCUT2D eigenvalue weighted by molar-refractivity contribution is 6.03. The zero-order chi connectivity index (χ0) is 28.7. The van der Waals surface area contributed by atoms with Crippen molar-refractivity contribution in [1.29, 1.82) is 0 Å². The number of ether oxygens (including phenoxy) is 1. The van der Waals surface area contributed by atoms with Gasteiger partial charge in [0.05, 0.1) is 12.2 Å². The molecule has 0 spiro atoms. The van der Waals surface area contributed by atoms with Gasteiger partial charge in [0.15, 0.2) is 11.5 Å². The highest BCUT2D eigenvalue weighted by Crippen LogP contribution is 2.22. The summed E-state index contributed by atoms with van der Waals surface area (Å²) in [6.45, 7) is 4.55. The second kappa shape index (κ2) is 12.8. The van der Waals surface area contributed by atoms with Gasteiger partial charge in [-0.3, -0.25) is 23.9 Å². The van der Waals surface area contributed by atoms with Crippen LogP contribution in [0.15, 0.2) is 30.5 Å². The number of aryl methyl sites for hydroxylation is 1. The molecule has 212 valence electrons. The fourth-order valence-corrected chi connectivity index (χ4v) is 4.16. The van der Waals surface area contributed by atoms with Gasteiger partial charge in [0.1, 0.15) is 12.6 Å². The summed E-state index contributed by atoms with van der Waals surface area (Å²) in [4.78, 5) is 50.8. The van der Waals surface area contributed by atoms with Gasteiger partial charge < -0.3 is 16.0 Å². The van der Waals surface area contributed by atoms with Crippen LogP contribution in [0.5, 0.6) is 0 Å². The predicted molar refractivity (Wildman–Crippen MR) is 132 cm³/mol. The number of carbonyl (C=O) groups is 4. The summed E-state index contributed by atoms with van der Waals surface area (Å²) in [7, 11) is 0. The zero-order valence-corrected chi connectivity index (χ0v) is 21.7. The van der Waals surface area contributed by atoms with E-state index < -0.39 is 48.6 Å². The Kier molecular flexibility index (Phi) is 9.78. The van der Waals surface area contributed by atoms with E-state index in [0.29, 0.717) is 18.7 Å². The Hall–Kier alpha value is -3.81. The molecule has 2 unspecified atom stereocenters. The van der Waals surface area contributed by atoms with Crippen LogP contribution in [0, 0.1) is 18.8 Å². The Morgan fingerprint density at radius 1 is 1.23 bits per heavy atom. The van der Waals surface area contributed by atoms with Crippen LogP contribution in [0.4, 0.5) is 18.9 Å². The fourth-order valence-electron chi connectivity index (χ4n) is 4.16. The van der Waals surface area contributed by atoms with E-state index in [-0.39, 0.29) is 30.4 Å². The SMILES string of the molecule is Cc1ccccc1NC(=O)c1cn(C(CC(C)C)C(=O)NC(C[C@@H]2CCNC2=O)C(=O)COC(F)(F)F)nn1. The number of ketones is 1. The molecule has 1 aliphatic heterocycles. The molecule has 0 aliphatic carbocycles. The van der Waals surface area contributed by atoms with Gasteiger partial charge in [-0.2, -0.15) is 0 Å². The smallest absolute Gasteiger partial charge is 0.356 e. The maximum absolute atomic E-state index is 13.3. The molecule has 1 saturated heterocycles. The van der Waals surface area contributed by atoms with Crippen LogP contribution in [0.2, 0.25) is 0 Å². The van der Waals surface area contributed by atoms with Crippen molar-refractivity contribution in [2.75, 3.05) is 18.5 Å². The van der Waals surface area contributed by atoms with E-state index >= 15 is 0 Å². The third-order valence-corrected chi connectivity index (χ3v) is 6.22. The van der Waals surface area contributed by atoms with E-state index in [4.69, 9.17) is 0 Å². The number of aromatic nitrogens is 3. The Morgan fingerprint density at radius 2 is 1.95 bits per heavy atom. The van der Waals surface area contributed by atoms with Crippen molar-refractivity contribution in [1.82, 2.24) is 25.6 Å². The lowest BCUT2D eigenvalue weighted by Crippen LogP contribution is -2.47. The number of hydrogen-bond acceptors (Lipinski definition) is 7. The summed E-state index contributed by atoms with van der Waals surface area (Å²) in [5, 5.41) is 15.6. The maximum atomic E-state index is 13.3. The molecule has 2 aromatic rings. The summed E-state index contributed by atoms with van der Waals surface area (Å²) in [6.07, 6.45) is -3.35. The lowest BCUT2D eigenvalue weighted by Gasteiger charge is -2.24. The van der Waals surface area contributed by atoms with Crippen molar-refractivity contribution in [3.8, 4) is 0 Å². The van der Waals surface area contributed by atoms with Crippen LogP contribution in [0.3, 0.4) is 0 Å². The van der Waals surface area contributed by atoms with E-state index in [1.54, 1.807) is 12.1 Å². The van der Waals surface area contributed by atoms with Gasteiger partial charge in [-0.05, 0) is 43.7 Å². The summed E-state index contributed by atoms with van der Waals surface area (Å²) in [5.41, 5.74) is 1.34. The minimum atomic E-state index is -5.04. The molecular formula is C25H31F3N6O5. The zero-order valence-electron chi connectivity index (χ0n) is 21.7. The van der Waals surface area contributed by atoms with Crippen LogP contribution < -0.4 is 16.0 Å². The molecule has 39 heavy (non-hydrogen) atoms. The van der Waals surface area contributed by atoms with Gasteiger partial charge in [-0.15, -0.1) is 18.3 Å². The van der Waals surface area contributed by atoms with Crippen molar-refractivity contribution >= 4 is 29.2 Å². The molecule has 1 aromatic heterocycles. The minimum absolute atomic E-state index is 0.0440. The Balaban J connectivity index is 1.78. The number of rotatable bonds is 12.